The third kappa shape index (κ3) is 3.15. The standard InChI is InChI=1S/C17H19N5O4/c1-10-8-16(20(3)19-10)21-7-6-14(17(21)24)18-13-5-4-12(11(2)23)9-15(13)22(25)26/h4-5,8-9,14,18H,6-7H2,1-3H3. The molecule has 1 atom stereocenters. The number of nitrogens with one attached hydrogen (secondary N) is 1. The maximum absolute atomic E-state index is 12.7. The molecule has 1 saturated heterocycles. The minimum absolute atomic E-state index is 0.169. The number of hydrogen-bond donors (Lipinski definition) is 1. The number of aryl methyl sites for hydroxylation is 2. The van der Waals surface area contributed by atoms with Crippen molar-refractivity contribution in [1.29, 1.82) is 0 Å². The van der Waals surface area contributed by atoms with E-state index in [2.05, 4.69) is 10.4 Å². The van der Waals surface area contributed by atoms with Gasteiger partial charge in [0, 0.05) is 31.3 Å². The van der Waals surface area contributed by atoms with Crippen molar-refractivity contribution in [3.63, 3.8) is 0 Å². The second kappa shape index (κ2) is 6.58. The van der Waals surface area contributed by atoms with Gasteiger partial charge in [0.15, 0.2) is 5.78 Å². The van der Waals surface area contributed by atoms with Crippen LogP contribution in [0.15, 0.2) is 24.3 Å². The number of nitro groups is 1. The molecule has 1 aliphatic heterocycles. The number of nitro benzene ring substituents is 1. The first kappa shape index (κ1) is 17.6. The molecule has 1 amide bonds. The molecule has 26 heavy (non-hydrogen) atoms. The fourth-order valence-electron chi connectivity index (χ4n) is 3.10. The SMILES string of the molecule is CC(=O)c1ccc(NC2CCN(c3cc(C)nn3C)C2=O)c([N+](=O)[O-])c1. The van der Waals surface area contributed by atoms with Crippen LogP contribution in [0.25, 0.3) is 0 Å². The van der Waals surface area contributed by atoms with Gasteiger partial charge in [0.2, 0.25) is 0 Å². The lowest BCUT2D eigenvalue weighted by Gasteiger charge is -2.17. The summed E-state index contributed by atoms with van der Waals surface area (Å²) in [5.74, 6) is 0.269. The highest BCUT2D eigenvalue weighted by atomic mass is 16.6. The van der Waals surface area contributed by atoms with Gasteiger partial charge in [-0.05, 0) is 32.4 Å². The van der Waals surface area contributed by atoms with Gasteiger partial charge in [-0.1, -0.05) is 0 Å². The molecule has 0 bridgehead atoms. The highest BCUT2D eigenvalue weighted by molar-refractivity contribution is 6.01. The monoisotopic (exact) mass is 357 g/mol. The average molecular weight is 357 g/mol. The predicted molar refractivity (Wildman–Crippen MR) is 95.4 cm³/mol. The van der Waals surface area contributed by atoms with E-state index in [1.54, 1.807) is 16.6 Å². The molecular weight excluding hydrogens is 338 g/mol. The number of carbonyl (C=O) groups excluding carboxylic acids is 2. The molecule has 1 fully saturated rings. The van der Waals surface area contributed by atoms with Gasteiger partial charge in [-0.15, -0.1) is 0 Å². The number of benzene rings is 1. The highest BCUT2D eigenvalue weighted by Crippen LogP contribution is 2.29. The maximum Gasteiger partial charge on any atom is 0.293 e. The van der Waals surface area contributed by atoms with E-state index in [4.69, 9.17) is 0 Å². The Bertz CT molecular complexity index is 905. The van der Waals surface area contributed by atoms with Gasteiger partial charge in [0.05, 0.1) is 10.6 Å². The summed E-state index contributed by atoms with van der Waals surface area (Å²) in [7, 11) is 1.77. The van der Waals surface area contributed by atoms with E-state index in [1.807, 2.05) is 13.0 Å². The van der Waals surface area contributed by atoms with Crippen molar-refractivity contribution in [2.24, 2.45) is 7.05 Å². The first-order valence-electron chi connectivity index (χ1n) is 8.16. The summed E-state index contributed by atoms with van der Waals surface area (Å²) >= 11 is 0. The van der Waals surface area contributed by atoms with E-state index < -0.39 is 11.0 Å². The Balaban J connectivity index is 1.84. The third-order valence-corrected chi connectivity index (χ3v) is 4.39. The fourth-order valence-corrected chi connectivity index (χ4v) is 3.10. The van der Waals surface area contributed by atoms with Gasteiger partial charge in [0.25, 0.3) is 11.6 Å². The zero-order valence-corrected chi connectivity index (χ0v) is 14.7. The zero-order chi connectivity index (χ0) is 19.0. The largest absolute Gasteiger partial charge is 0.368 e. The van der Waals surface area contributed by atoms with Crippen molar-refractivity contribution < 1.29 is 14.5 Å². The fraction of sp³-hybridized carbons (Fsp3) is 0.353. The molecule has 1 aliphatic rings. The maximum atomic E-state index is 12.7. The van der Waals surface area contributed by atoms with Crippen LogP contribution in [0.3, 0.4) is 0 Å². The first-order chi connectivity index (χ1) is 12.3. The second-order valence-electron chi connectivity index (χ2n) is 6.29. The summed E-state index contributed by atoms with van der Waals surface area (Å²) in [6.07, 6.45) is 0.509. The number of amides is 1. The van der Waals surface area contributed by atoms with Crippen molar-refractivity contribution in [2.45, 2.75) is 26.3 Å². The second-order valence-corrected chi connectivity index (χ2v) is 6.29. The molecule has 0 aliphatic carbocycles. The molecule has 2 heterocycles. The summed E-state index contributed by atoms with van der Waals surface area (Å²) in [6, 6.07) is 5.46. The highest BCUT2D eigenvalue weighted by Gasteiger charge is 2.35. The quantitative estimate of drug-likeness (QED) is 0.498. The van der Waals surface area contributed by atoms with Gasteiger partial charge >= 0.3 is 0 Å². The molecule has 1 N–H and O–H groups in total. The number of ketones is 1. The lowest BCUT2D eigenvalue weighted by molar-refractivity contribution is -0.384. The normalized spacial score (nSPS) is 16.8. The van der Waals surface area contributed by atoms with Crippen molar-refractivity contribution in [1.82, 2.24) is 9.78 Å². The number of Topliss-reactive ketones (excluding diaryl/α,β-unsaturated/α-hetero) is 1. The molecule has 136 valence electrons. The Morgan fingerprint density at radius 2 is 2.12 bits per heavy atom. The van der Waals surface area contributed by atoms with Crippen LogP contribution in [0, 0.1) is 17.0 Å². The van der Waals surface area contributed by atoms with Crippen LogP contribution in [0.1, 0.15) is 29.4 Å². The molecular formula is C17H19N5O4. The molecule has 3 rings (SSSR count). The van der Waals surface area contributed by atoms with Gasteiger partial charge in [-0.25, -0.2) is 0 Å². The molecule has 9 heteroatoms. The third-order valence-electron chi connectivity index (χ3n) is 4.39. The molecule has 1 aromatic heterocycles. The summed E-state index contributed by atoms with van der Waals surface area (Å²) in [6.45, 7) is 3.69. The minimum atomic E-state index is -0.577. The summed E-state index contributed by atoms with van der Waals surface area (Å²) in [5.41, 5.74) is 1.07. The van der Waals surface area contributed by atoms with Crippen molar-refractivity contribution in [2.75, 3.05) is 16.8 Å². The van der Waals surface area contributed by atoms with Crippen LogP contribution in [-0.4, -0.2) is 39.0 Å². The lowest BCUT2D eigenvalue weighted by Crippen LogP contribution is -2.34. The molecule has 2 aromatic rings. The molecule has 0 spiro atoms. The number of nitrogens with zero attached hydrogens (tertiary/aromatic N) is 4. The molecule has 0 saturated carbocycles. The average Bonchev–Trinajstić information content (AvgIpc) is 3.09. The van der Waals surface area contributed by atoms with Gasteiger partial charge in [0.1, 0.15) is 17.5 Å². The molecule has 0 radical (unpaired) electrons. The van der Waals surface area contributed by atoms with Crippen LogP contribution < -0.4 is 10.2 Å². The summed E-state index contributed by atoms with van der Waals surface area (Å²) in [5, 5.41) is 18.5. The zero-order valence-electron chi connectivity index (χ0n) is 14.7. The summed E-state index contributed by atoms with van der Waals surface area (Å²) < 4.78 is 1.64. The number of hydrogen-bond acceptors (Lipinski definition) is 6. The van der Waals surface area contributed by atoms with Gasteiger partial charge in [-0.2, -0.15) is 5.10 Å². The van der Waals surface area contributed by atoms with Crippen LogP contribution >= 0.6 is 0 Å². The summed E-state index contributed by atoms with van der Waals surface area (Å²) in [4.78, 5) is 36.6. The first-order valence-corrected chi connectivity index (χ1v) is 8.16. The Hall–Kier alpha value is -3.23. The van der Waals surface area contributed by atoms with E-state index in [-0.39, 0.29) is 28.6 Å². The van der Waals surface area contributed by atoms with E-state index >= 15 is 0 Å². The van der Waals surface area contributed by atoms with Gasteiger partial charge in [-0.3, -0.25) is 29.3 Å². The molecule has 1 unspecified atom stereocenters. The topological polar surface area (TPSA) is 110 Å². The van der Waals surface area contributed by atoms with Crippen LogP contribution in [0.5, 0.6) is 0 Å². The number of rotatable bonds is 5. The predicted octanol–water partition coefficient (Wildman–Crippen LogP) is 2.06. The van der Waals surface area contributed by atoms with E-state index in [0.717, 1.165) is 5.69 Å². The van der Waals surface area contributed by atoms with Crippen LogP contribution in [0.4, 0.5) is 17.2 Å². The minimum Gasteiger partial charge on any atom is -0.368 e. The Morgan fingerprint density at radius 1 is 1.38 bits per heavy atom. The van der Waals surface area contributed by atoms with Crippen molar-refractivity contribution in [3.8, 4) is 0 Å². The van der Waals surface area contributed by atoms with Gasteiger partial charge < -0.3 is 5.32 Å². The Kier molecular flexibility index (Phi) is 4.45. The number of carbonyl (C=O) groups is 2. The van der Waals surface area contributed by atoms with Crippen LogP contribution in [-0.2, 0) is 11.8 Å². The number of anilines is 2. The molecule has 9 nitrogen and oxygen atoms in total. The van der Waals surface area contributed by atoms with Crippen LogP contribution in [0.2, 0.25) is 0 Å². The van der Waals surface area contributed by atoms with E-state index in [0.29, 0.717) is 18.8 Å². The van der Waals surface area contributed by atoms with E-state index in [1.165, 1.54) is 25.1 Å². The number of aromatic nitrogens is 2. The smallest absolute Gasteiger partial charge is 0.293 e. The van der Waals surface area contributed by atoms with Crippen molar-refractivity contribution >= 4 is 28.9 Å². The van der Waals surface area contributed by atoms with E-state index in [9.17, 15) is 19.7 Å². The lowest BCUT2D eigenvalue weighted by atomic mass is 10.1. The Labute approximate surface area is 149 Å². The van der Waals surface area contributed by atoms with Crippen molar-refractivity contribution in [3.05, 3.63) is 45.6 Å². The molecule has 1 aromatic carbocycles. The Morgan fingerprint density at radius 3 is 2.69 bits per heavy atom.